The number of hydrogen-bond acceptors (Lipinski definition) is 4. The minimum atomic E-state index is 0. The Balaban J connectivity index is 0.00000465. The molecule has 0 saturated heterocycles. The molecule has 6 aromatic carbocycles. The monoisotopic (exact) mass is 895 g/mol. The van der Waals surface area contributed by atoms with Crippen molar-refractivity contribution in [2.45, 2.75) is 34.6 Å². The number of imidazole rings is 1. The van der Waals surface area contributed by atoms with Gasteiger partial charge in [0.15, 0.2) is 0 Å². The average molecular weight is 896 g/mol. The second kappa shape index (κ2) is 16.1. The minimum absolute atomic E-state index is 0. The van der Waals surface area contributed by atoms with Crippen molar-refractivity contribution in [3.63, 3.8) is 0 Å². The van der Waals surface area contributed by atoms with E-state index in [0.29, 0.717) is 11.5 Å². The van der Waals surface area contributed by atoms with Gasteiger partial charge in [-0.15, -0.1) is 29.8 Å². The van der Waals surface area contributed by atoms with Crippen LogP contribution in [0, 0.1) is 46.8 Å². The van der Waals surface area contributed by atoms with Gasteiger partial charge in [0.25, 0.3) is 0 Å². The SMILES string of the molecule is Cc1ccccc1-c1cc(Oc2[c-]c(N(c3ccccc3)c3cc(-c4c(C)cccc4C)ccn3)ccc2)[c-]c(-c2cn(-c3c(C)cccc3C)cn2)c1.[Pt+2]. The molecule has 5 nitrogen and oxygen atoms in total. The fourth-order valence-corrected chi connectivity index (χ4v) is 7.27. The van der Waals surface area contributed by atoms with Crippen LogP contribution in [0.5, 0.6) is 11.5 Å². The number of rotatable bonds is 9. The van der Waals surface area contributed by atoms with Crippen molar-refractivity contribution in [1.82, 2.24) is 14.5 Å². The van der Waals surface area contributed by atoms with Crippen molar-refractivity contribution >= 4 is 17.2 Å². The molecule has 272 valence electrons. The molecular formula is C49H40N4OPt. The number of aromatic nitrogens is 3. The molecule has 2 heterocycles. The molecule has 0 saturated carbocycles. The van der Waals surface area contributed by atoms with Crippen molar-refractivity contribution in [1.29, 1.82) is 0 Å². The maximum atomic E-state index is 6.67. The van der Waals surface area contributed by atoms with E-state index in [-0.39, 0.29) is 21.1 Å². The molecule has 0 amide bonds. The van der Waals surface area contributed by atoms with Crippen molar-refractivity contribution in [2.24, 2.45) is 0 Å². The van der Waals surface area contributed by atoms with Gasteiger partial charge < -0.3 is 14.2 Å². The van der Waals surface area contributed by atoms with Gasteiger partial charge in [-0.3, -0.25) is 4.98 Å². The molecular weight excluding hydrogens is 856 g/mol. The Labute approximate surface area is 338 Å². The standard InChI is InChI=1S/C49H40N4O.Pt/c1-33-14-9-10-23-45(33)39-26-40(46-31-52(32-51-46)49-36(4)17-12-18-37(49)5)28-44(27-39)54-43-22-13-21-42(30-43)53(41-19-7-6-8-20-41)47-29-38(24-25-50-47)48-34(2)15-11-16-35(48)3;/h6-27,29,31-32H,1-5H3;/q-2;+2. The maximum Gasteiger partial charge on any atom is 2.00 e. The summed E-state index contributed by atoms with van der Waals surface area (Å²) in [4.78, 5) is 11.8. The summed E-state index contributed by atoms with van der Waals surface area (Å²) in [6.07, 6.45) is 5.82. The van der Waals surface area contributed by atoms with Crippen LogP contribution in [-0.4, -0.2) is 14.5 Å². The van der Waals surface area contributed by atoms with Gasteiger partial charge in [-0.2, -0.15) is 6.07 Å². The van der Waals surface area contributed by atoms with Crippen molar-refractivity contribution in [3.8, 4) is 50.7 Å². The van der Waals surface area contributed by atoms with E-state index in [1.165, 1.54) is 33.4 Å². The molecule has 2 aromatic heterocycles. The first-order valence-electron chi connectivity index (χ1n) is 18.1. The van der Waals surface area contributed by atoms with Crippen LogP contribution in [0.1, 0.15) is 27.8 Å². The van der Waals surface area contributed by atoms with Crippen molar-refractivity contribution < 1.29 is 25.8 Å². The van der Waals surface area contributed by atoms with Crippen LogP contribution in [0.4, 0.5) is 17.2 Å². The van der Waals surface area contributed by atoms with Gasteiger partial charge in [0.2, 0.25) is 0 Å². The van der Waals surface area contributed by atoms with E-state index in [1.54, 1.807) is 0 Å². The third-order valence-electron chi connectivity index (χ3n) is 9.83. The van der Waals surface area contributed by atoms with E-state index >= 15 is 0 Å². The number of para-hydroxylation sites is 2. The van der Waals surface area contributed by atoms with E-state index in [1.807, 2.05) is 55.0 Å². The van der Waals surface area contributed by atoms with E-state index in [4.69, 9.17) is 14.7 Å². The Morgan fingerprint density at radius 1 is 0.582 bits per heavy atom. The van der Waals surface area contributed by atoms with Crippen LogP contribution in [0.3, 0.4) is 0 Å². The number of ether oxygens (including phenoxy) is 1. The quantitative estimate of drug-likeness (QED) is 0.135. The molecule has 55 heavy (non-hydrogen) atoms. The first-order chi connectivity index (χ1) is 26.3. The molecule has 0 spiro atoms. The van der Waals surface area contributed by atoms with Crippen LogP contribution in [-0.2, 0) is 21.1 Å². The number of nitrogens with zero attached hydrogens (tertiary/aromatic N) is 4. The van der Waals surface area contributed by atoms with Crippen molar-refractivity contribution in [2.75, 3.05) is 4.90 Å². The zero-order chi connectivity index (χ0) is 37.2. The zero-order valence-electron chi connectivity index (χ0n) is 31.4. The largest absolute Gasteiger partial charge is 2.00 e. The topological polar surface area (TPSA) is 43.2 Å². The molecule has 0 N–H and O–H groups in total. The van der Waals surface area contributed by atoms with Gasteiger partial charge in [-0.05, 0) is 110 Å². The summed E-state index contributed by atoms with van der Waals surface area (Å²) in [5.74, 6) is 1.91. The molecule has 0 atom stereocenters. The number of anilines is 3. The molecule has 6 heteroatoms. The van der Waals surface area contributed by atoms with E-state index in [2.05, 4.69) is 153 Å². The molecule has 0 aliphatic rings. The second-order valence-corrected chi connectivity index (χ2v) is 13.7. The fraction of sp³-hybridized carbons (Fsp3) is 0.102. The molecule has 0 aliphatic carbocycles. The van der Waals surface area contributed by atoms with Crippen LogP contribution < -0.4 is 9.64 Å². The Hall–Kier alpha value is -6.03. The maximum absolute atomic E-state index is 6.67. The summed E-state index contributed by atoms with van der Waals surface area (Å²) in [6, 6.07) is 52.8. The number of hydrogen-bond donors (Lipinski definition) is 0. The fourth-order valence-electron chi connectivity index (χ4n) is 7.27. The van der Waals surface area contributed by atoms with Gasteiger partial charge in [-0.25, -0.2) is 4.98 Å². The van der Waals surface area contributed by atoms with Gasteiger partial charge in [0.1, 0.15) is 5.82 Å². The Bertz CT molecular complexity index is 2570. The Morgan fingerprint density at radius 2 is 1.25 bits per heavy atom. The summed E-state index contributed by atoms with van der Waals surface area (Å²) >= 11 is 0. The smallest absolute Gasteiger partial charge is 0.503 e. The van der Waals surface area contributed by atoms with Gasteiger partial charge in [0.05, 0.1) is 12.0 Å². The summed E-state index contributed by atoms with van der Waals surface area (Å²) in [5, 5.41) is 0. The van der Waals surface area contributed by atoms with Crippen LogP contribution in [0.15, 0.2) is 152 Å². The Kier molecular flexibility index (Phi) is 10.9. The number of pyridine rings is 1. The number of benzene rings is 6. The molecule has 0 aliphatic heterocycles. The third kappa shape index (κ3) is 7.80. The van der Waals surface area contributed by atoms with E-state index in [0.717, 1.165) is 50.8 Å². The summed E-state index contributed by atoms with van der Waals surface area (Å²) in [6.45, 7) is 10.7. The number of aryl methyl sites for hydroxylation is 5. The van der Waals surface area contributed by atoms with Crippen LogP contribution >= 0.6 is 0 Å². The molecule has 0 unspecified atom stereocenters. The van der Waals surface area contributed by atoms with Crippen LogP contribution in [0.25, 0.3) is 39.2 Å². The first-order valence-corrected chi connectivity index (χ1v) is 18.1. The molecule has 8 aromatic rings. The average Bonchev–Trinajstić information content (AvgIpc) is 3.66. The Morgan fingerprint density at radius 3 is 2.00 bits per heavy atom. The zero-order valence-corrected chi connectivity index (χ0v) is 33.7. The second-order valence-electron chi connectivity index (χ2n) is 13.7. The summed E-state index contributed by atoms with van der Waals surface area (Å²) < 4.78 is 8.76. The van der Waals surface area contributed by atoms with E-state index in [9.17, 15) is 0 Å². The molecule has 0 bridgehead atoms. The molecule has 0 radical (unpaired) electrons. The predicted molar refractivity (Wildman–Crippen MR) is 220 cm³/mol. The normalized spacial score (nSPS) is 10.9. The summed E-state index contributed by atoms with van der Waals surface area (Å²) in [7, 11) is 0. The first kappa shape index (κ1) is 37.3. The van der Waals surface area contributed by atoms with Gasteiger partial charge >= 0.3 is 21.1 Å². The van der Waals surface area contributed by atoms with Gasteiger partial charge in [0, 0.05) is 29.1 Å². The summed E-state index contributed by atoms with van der Waals surface area (Å²) in [5.41, 5.74) is 15.0. The van der Waals surface area contributed by atoms with E-state index < -0.39 is 0 Å². The van der Waals surface area contributed by atoms with Crippen LogP contribution in [0.2, 0.25) is 0 Å². The van der Waals surface area contributed by atoms with Gasteiger partial charge in [-0.1, -0.05) is 102 Å². The predicted octanol–water partition coefficient (Wildman–Crippen LogP) is 12.7. The molecule has 0 fully saturated rings. The third-order valence-corrected chi connectivity index (χ3v) is 9.83. The minimum Gasteiger partial charge on any atom is -0.503 e. The molecule has 8 rings (SSSR count). The van der Waals surface area contributed by atoms with Crippen molar-refractivity contribution in [3.05, 3.63) is 192 Å².